The van der Waals surface area contributed by atoms with E-state index in [1.807, 2.05) is 13.0 Å². The van der Waals surface area contributed by atoms with E-state index in [0.29, 0.717) is 5.92 Å². The molecule has 0 amide bonds. The van der Waals surface area contributed by atoms with Crippen LogP contribution in [0.3, 0.4) is 0 Å². The number of hydrogen-bond donors (Lipinski definition) is 0. The Morgan fingerprint density at radius 3 is 2.41 bits per heavy atom. The number of nitrogens with zero attached hydrogens (tertiary/aromatic N) is 2. The molecule has 2 rings (SSSR count). The average molecular weight is 298 g/mol. The first-order chi connectivity index (χ1) is 10.8. The van der Waals surface area contributed by atoms with Crippen molar-refractivity contribution in [3.8, 4) is 11.8 Å². The summed E-state index contributed by atoms with van der Waals surface area (Å²) in [6.07, 6.45) is 13.8. The first-order valence-electron chi connectivity index (χ1n) is 9.09. The minimum atomic E-state index is 0.618. The first-order valence-corrected chi connectivity index (χ1v) is 9.09. The monoisotopic (exact) mass is 298 g/mol. The second-order valence-corrected chi connectivity index (χ2v) is 6.64. The molecule has 1 fully saturated rings. The van der Waals surface area contributed by atoms with Crippen LogP contribution < -0.4 is 0 Å². The van der Waals surface area contributed by atoms with Crippen molar-refractivity contribution in [2.45, 2.75) is 84.0 Å². The Labute approximate surface area is 136 Å². The summed E-state index contributed by atoms with van der Waals surface area (Å²) in [5.41, 5.74) is 1.95. The van der Waals surface area contributed by atoms with Crippen molar-refractivity contribution >= 4 is 0 Å². The van der Waals surface area contributed by atoms with Crippen LogP contribution in [0.5, 0.6) is 0 Å². The molecule has 1 aliphatic carbocycles. The normalized spacial score (nSPS) is 21.2. The van der Waals surface area contributed by atoms with E-state index in [4.69, 9.17) is 0 Å². The predicted molar refractivity (Wildman–Crippen MR) is 92.7 cm³/mol. The van der Waals surface area contributed by atoms with E-state index >= 15 is 0 Å². The summed E-state index contributed by atoms with van der Waals surface area (Å²) in [5.74, 6) is 7.40. The molecule has 1 aromatic heterocycles. The Hall–Kier alpha value is -1.36. The lowest BCUT2D eigenvalue weighted by molar-refractivity contribution is 0.298. The van der Waals surface area contributed by atoms with Crippen molar-refractivity contribution in [1.29, 1.82) is 0 Å². The highest BCUT2D eigenvalue weighted by Gasteiger charge is 2.23. The summed E-state index contributed by atoms with van der Waals surface area (Å²) in [5, 5.41) is 8.61. The van der Waals surface area contributed by atoms with Crippen LogP contribution >= 0.6 is 0 Å². The third kappa shape index (κ3) is 5.44. The Balaban J connectivity index is 1.71. The molecule has 1 heterocycles. The maximum absolute atomic E-state index is 4.39. The van der Waals surface area contributed by atoms with Gasteiger partial charge in [0.2, 0.25) is 0 Å². The van der Waals surface area contributed by atoms with E-state index in [1.165, 1.54) is 69.9 Å². The van der Waals surface area contributed by atoms with Crippen molar-refractivity contribution < 1.29 is 0 Å². The SMILES string of the molecule is CC#Cc1ccc([C@H]2CC[C@H](CCCCCCC)CC2)nn1. The summed E-state index contributed by atoms with van der Waals surface area (Å²) < 4.78 is 0. The summed E-state index contributed by atoms with van der Waals surface area (Å²) >= 11 is 0. The van der Waals surface area contributed by atoms with Gasteiger partial charge < -0.3 is 0 Å². The van der Waals surface area contributed by atoms with Gasteiger partial charge in [0.15, 0.2) is 0 Å². The second-order valence-electron chi connectivity index (χ2n) is 6.64. The molecule has 0 N–H and O–H groups in total. The van der Waals surface area contributed by atoms with Gasteiger partial charge in [-0.3, -0.25) is 0 Å². The fourth-order valence-corrected chi connectivity index (χ4v) is 3.54. The average Bonchev–Trinajstić information content (AvgIpc) is 2.56. The largest absolute Gasteiger partial charge is 0.154 e. The molecule has 0 atom stereocenters. The molecule has 22 heavy (non-hydrogen) atoms. The molecule has 2 nitrogen and oxygen atoms in total. The lowest BCUT2D eigenvalue weighted by atomic mass is 9.78. The van der Waals surface area contributed by atoms with Crippen LogP contribution in [0.1, 0.15) is 95.4 Å². The third-order valence-electron chi connectivity index (χ3n) is 4.92. The molecule has 1 aliphatic rings. The number of aromatic nitrogens is 2. The third-order valence-corrected chi connectivity index (χ3v) is 4.92. The Morgan fingerprint density at radius 2 is 1.77 bits per heavy atom. The molecule has 0 aliphatic heterocycles. The van der Waals surface area contributed by atoms with Crippen LogP contribution in [-0.4, -0.2) is 10.2 Å². The van der Waals surface area contributed by atoms with Gasteiger partial charge >= 0.3 is 0 Å². The molecule has 0 saturated heterocycles. The molecule has 0 radical (unpaired) electrons. The van der Waals surface area contributed by atoms with Gasteiger partial charge in [0.05, 0.1) is 5.69 Å². The van der Waals surface area contributed by atoms with Crippen molar-refractivity contribution in [2.75, 3.05) is 0 Å². The molecule has 0 aromatic carbocycles. The van der Waals surface area contributed by atoms with Crippen LogP contribution in [0.25, 0.3) is 0 Å². The zero-order chi connectivity index (χ0) is 15.6. The van der Waals surface area contributed by atoms with Crippen LogP contribution in [0.2, 0.25) is 0 Å². The van der Waals surface area contributed by atoms with E-state index < -0.39 is 0 Å². The van der Waals surface area contributed by atoms with Gasteiger partial charge in [-0.25, -0.2) is 0 Å². The molecule has 0 bridgehead atoms. The van der Waals surface area contributed by atoms with Crippen LogP contribution in [0.4, 0.5) is 0 Å². The Morgan fingerprint density at radius 1 is 1.00 bits per heavy atom. The summed E-state index contributed by atoms with van der Waals surface area (Å²) in [6, 6.07) is 4.14. The maximum Gasteiger partial charge on any atom is 0.135 e. The van der Waals surface area contributed by atoms with E-state index in [-0.39, 0.29) is 0 Å². The van der Waals surface area contributed by atoms with Crippen LogP contribution in [-0.2, 0) is 0 Å². The quantitative estimate of drug-likeness (QED) is 0.492. The number of rotatable bonds is 7. The van der Waals surface area contributed by atoms with E-state index in [1.54, 1.807) is 0 Å². The molecule has 1 aromatic rings. The minimum Gasteiger partial charge on any atom is -0.154 e. The lowest BCUT2D eigenvalue weighted by Gasteiger charge is -2.28. The summed E-state index contributed by atoms with van der Waals surface area (Å²) in [6.45, 7) is 4.12. The second kappa shape index (κ2) is 9.62. The molecule has 0 unspecified atom stereocenters. The summed E-state index contributed by atoms with van der Waals surface area (Å²) in [4.78, 5) is 0. The Bertz CT molecular complexity index is 473. The highest BCUT2D eigenvalue weighted by Crippen LogP contribution is 2.36. The van der Waals surface area contributed by atoms with Gasteiger partial charge in [0, 0.05) is 5.92 Å². The van der Waals surface area contributed by atoms with Crippen LogP contribution in [0, 0.1) is 17.8 Å². The summed E-state index contributed by atoms with van der Waals surface area (Å²) in [7, 11) is 0. The highest BCUT2D eigenvalue weighted by atomic mass is 15.1. The zero-order valence-corrected chi connectivity index (χ0v) is 14.3. The van der Waals surface area contributed by atoms with Crippen molar-refractivity contribution in [3.05, 3.63) is 23.5 Å². The minimum absolute atomic E-state index is 0.618. The fraction of sp³-hybridized carbons (Fsp3) is 0.700. The fourth-order valence-electron chi connectivity index (χ4n) is 3.54. The molecular weight excluding hydrogens is 268 g/mol. The topological polar surface area (TPSA) is 25.8 Å². The van der Waals surface area contributed by atoms with Gasteiger partial charge in [-0.05, 0) is 56.6 Å². The van der Waals surface area contributed by atoms with Gasteiger partial charge in [0.1, 0.15) is 5.69 Å². The van der Waals surface area contributed by atoms with E-state index in [0.717, 1.165) is 11.6 Å². The Kier molecular flexibility index (Phi) is 7.43. The first kappa shape index (κ1) is 17.0. The number of unbranched alkanes of at least 4 members (excludes halogenated alkanes) is 4. The van der Waals surface area contributed by atoms with E-state index in [9.17, 15) is 0 Å². The predicted octanol–water partition coefficient (Wildman–Crippen LogP) is 5.48. The van der Waals surface area contributed by atoms with Crippen LogP contribution in [0.15, 0.2) is 12.1 Å². The van der Waals surface area contributed by atoms with E-state index in [2.05, 4.69) is 35.0 Å². The van der Waals surface area contributed by atoms with Gasteiger partial charge in [-0.1, -0.05) is 51.4 Å². The van der Waals surface area contributed by atoms with Gasteiger partial charge in [0.25, 0.3) is 0 Å². The van der Waals surface area contributed by atoms with Gasteiger partial charge in [-0.2, -0.15) is 5.10 Å². The highest BCUT2D eigenvalue weighted by molar-refractivity contribution is 5.26. The smallest absolute Gasteiger partial charge is 0.135 e. The molecule has 2 heteroatoms. The lowest BCUT2D eigenvalue weighted by Crippen LogP contribution is -2.14. The molecule has 120 valence electrons. The number of hydrogen-bond acceptors (Lipinski definition) is 2. The maximum atomic E-state index is 4.39. The van der Waals surface area contributed by atoms with Crippen molar-refractivity contribution in [2.24, 2.45) is 5.92 Å². The molecular formula is C20H30N2. The standard InChI is InChI=1S/C20H30N2/c1-3-5-6-7-8-10-17-11-13-18(14-12-17)20-16-15-19(9-4-2)21-22-20/h15-18H,3,5-8,10-14H2,1-2H3/t17-,18-. The molecule has 0 spiro atoms. The van der Waals surface area contributed by atoms with Crippen molar-refractivity contribution in [1.82, 2.24) is 10.2 Å². The molecule has 1 saturated carbocycles. The zero-order valence-electron chi connectivity index (χ0n) is 14.3. The van der Waals surface area contributed by atoms with Crippen molar-refractivity contribution in [3.63, 3.8) is 0 Å². The van der Waals surface area contributed by atoms with Gasteiger partial charge in [-0.15, -0.1) is 5.10 Å².